The molecule has 0 bridgehead atoms. The van der Waals surface area contributed by atoms with Crippen LogP contribution in [0.25, 0.3) is 0 Å². The number of halogens is 4. The minimum atomic E-state index is -0.948. The Hall–Kier alpha value is -0.970. The van der Waals surface area contributed by atoms with Crippen molar-refractivity contribution in [1.29, 1.82) is 0 Å². The molecule has 2 aromatic carbocycles. The van der Waals surface area contributed by atoms with Crippen molar-refractivity contribution in [1.82, 2.24) is 5.32 Å². The Morgan fingerprint density at radius 3 is 2.37 bits per heavy atom. The predicted octanol–water partition coefficient (Wildman–Crippen LogP) is 4.69. The van der Waals surface area contributed by atoms with Crippen LogP contribution >= 0.6 is 27.5 Å². The summed E-state index contributed by atoms with van der Waals surface area (Å²) >= 11 is 9.46. The van der Waals surface area contributed by atoms with Gasteiger partial charge in [0.15, 0.2) is 11.6 Å². The summed E-state index contributed by atoms with van der Waals surface area (Å²) in [7, 11) is 1.74. The van der Waals surface area contributed by atoms with E-state index >= 15 is 0 Å². The number of hydrogen-bond acceptors (Lipinski definition) is 1. The summed E-state index contributed by atoms with van der Waals surface area (Å²) in [5, 5.41) is 3.25. The van der Waals surface area contributed by atoms with Gasteiger partial charge in [0, 0.05) is 9.50 Å². The molecule has 1 N–H and O–H groups in total. The molecule has 0 fully saturated rings. The topological polar surface area (TPSA) is 12.0 Å². The summed E-state index contributed by atoms with van der Waals surface area (Å²) < 4.78 is 27.4. The van der Waals surface area contributed by atoms with Crippen LogP contribution in [-0.2, 0) is 0 Å². The average Bonchev–Trinajstić information content (AvgIpc) is 2.38. The Morgan fingerprint density at radius 2 is 1.74 bits per heavy atom. The molecular weight excluding hydrogens is 336 g/mol. The van der Waals surface area contributed by atoms with Crippen LogP contribution in [-0.4, -0.2) is 7.05 Å². The first kappa shape index (κ1) is 14.4. The van der Waals surface area contributed by atoms with Gasteiger partial charge in [-0.3, -0.25) is 0 Å². The maximum atomic E-state index is 13.4. The minimum absolute atomic E-state index is 0.189. The average molecular weight is 347 g/mol. The molecule has 0 aromatic heterocycles. The molecule has 19 heavy (non-hydrogen) atoms. The van der Waals surface area contributed by atoms with E-state index in [1.807, 2.05) is 24.3 Å². The summed E-state index contributed by atoms with van der Waals surface area (Å²) in [6.07, 6.45) is 0. The van der Waals surface area contributed by atoms with Crippen molar-refractivity contribution < 1.29 is 8.78 Å². The van der Waals surface area contributed by atoms with Crippen molar-refractivity contribution in [3.05, 3.63) is 68.7 Å². The van der Waals surface area contributed by atoms with Gasteiger partial charge >= 0.3 is 0 Å². The van der Waals surface area contributed by atoms with E-state index in [2.05, 4.69) is 21.2 Å². The second-order valence-electron chi connectivity index (χ2n) is 4.03. The highest BCUT2D eigenvalue weighted by atomic mass is 79.9. The van der Waals surface area contributed by atoms with E-state index in [1.54, 1.807) is 7.05 Å². The number of benzene rings is 2. The van der Waals surface area contributed by atoms with E-state index in [0.29, 0.717) is 5.56 Å². The Kier molecular flexibility index (Phi) is 4.55. The van der Waals surface area contributed by atoms with E-state index in [0.717, 1.165) is 22.2 Å². The molecule has 1 nitrogen and oxygen atoms in total. The van der Waals surface area contributed by atoms with Crippen molar-refractivity contribution in [2.75, 3.05) is 7.05 Å². The van der Waals surface area contributed by atoms with Crippen LogP contribution in [0, 0.1) is 11.6 Å². The second-order valence-corrected chi connectivity index (χ2v) is 5.29. The van der Waals surface area contributed by atoms with Gasteiger partial charge in [-0.25, -0.2) is 8.78 Å². The first-order valence-electron chi connectivity index (χ1n) is 5.60. The van der Waals surface area contributed by atoms with E-state index in [9.17, 15) is 8.78 Å². The van der Waals surface area contributed by atoms with Crippen molar-refractivity contribution in [2.45, 2.75) is 6.04 Å². The summed E-state index contributed by atoms with van der Waals surface area (Å²) in [6.45, 7) is 0. The van der Waals surface area contributed by atoms with Crippen molar-refractivity contribution in [3.8, 4) is 0 Å². The molecule has 2 aromatic rings. The van der Waals surface area contributed by atoms with Crippen LogP contribution in [0.4, 0.5) is 8.78 Å². The molecule has 1 unspecified atom stereocenters. The van der Waals surface area contributed by atoms with Gasteiger partial charge in [-0.05, 0) is 36.4 Å². The molecule has 1 atom stereocenters. The highest BCUT2D eigenvalue weighted by Crippen LogP contribution is 2.33. The Balaban J connectivity index is 2.55. The van der Waals surface area contributed by atoms with Gasteiger partial charge in [0.2, 0.25) is 0 Å². The monoisotopic (exact) mass is 345 g/mol. The minimum Gasteiger partial charge on any atom is -0.309 e. The molecule has 0 spiro atoms. The number of nitrogens with one attached hydrogen (secondary N) is 1. The SMILES string of the molecule is CNC(c1cc(F)c(F)cc1Cl)c1ccccc1Br. The van der Waals surface area contributed by atoms with Gasteiger partial charge in [0.05, 0.1) is 6.04 Å². The smallest absolute Gasteiger partial charge is 0.160 e. The predicted molar refractivity (Wildman–Crippen MR) is 76.4 cm³/mol. The Morgan fingerprint density at radius 1 is 1.11 bits per heavy atom. The number of rotatable bonds is 3. The third-order valence-corrected chi connectivity index (χ3v) is 3.91. The van der Waals surface area contributed by atoms with E-state index < -0.39 is 11.6 Å². The first-order valence-corrected chi connectivity index (χ1v) is 6.77. The van der Waals surface area contributed by atoms with Crippen molar-refractivity contribution in [2.24, 2.45) is 0 Å². The normalized spacial score (nSPS) is 12.5. The molecule has 0 amide bonds. The molecule has 0 heterocycles. The molecular formula is C14H11BrClF2N. The Bertz CT molecular complexity index is 604. The zero-order valence-corrected chi connectivity index (χ0v) is 12.4. The van der Waals surface area contributed by atoms with Gasteiger partial charge in [0.25, 0.3) is 0 Å². The lowest BCUT2D eigenvalue weighted by Crippen LogP contribution is -2.19. The molecule has 100 valence electrons. The van der Waals surface area contributed by atoms with Crippen molar-refractivity contribution >= 4 is 27.5 Å². The van der Waals surface area contributed by atoms with Crippen LogP contribution in [0.15, 0.2) is 40.9 Å². The number of hydrogen-bond donors (Lipinski definition) is 1. The third kappa shape index (κ3) is 2.96. The lowest BCUT2D eigenvalue weighted by molar-refractivity contribution is 0.505. The Labute approximate surface area is 123 Å². The van der Waals surface area contributed by atoms with Crippen LogP contribution < -0.4 is 5.32 Å². The van der Waals surface area contributed by atoms with Gasteiger partial charge in [-0.1, -0.05) is 45.7 Å². The fraction of sp³-hybridized carbons (Fsp3) is 0.143. The maximum Gasteiger partial charge on any atom is 0.160 e. The first-order chi connectivity index (χ1) is 9.04. The van der Waals surface area contributed by atoms with E-state index in [-0.39, 0.29) is 11.1 Å². The van der Waals surface area contributed by atoms with Gasteiger partial charge < -0.3 is 5.32 Å². The van der Waals surface area contributed by atoms with E-state index in [1.165, 1.54) is 0 Å². The van der Waals surface area contributed by atoms with Crippen LogP contribution in [0.2, 0.25) is 5.02 Å². The van der Waals surface area contributed by atoms with Gasteiger partial charge in [0.1, 0.15) is 0 Å². The molecule has 0 aliphatic rings. The lowest BCUT2D eigenvalue weighted by Gasteiger charge is -2.20. The molecule has 0 aliphatic carbocycles. The second kappa shape index (κ2) is 5.99. The maximum absolute atomic E-state index is 13.4. The molecule has 0 saturated carbocycles. The van der Waals surface area contributed by atoms with Crippen LogP contribution in [0.1, 0.15) is 17.2 Å². The van der Waals surface area contributed by atoms with Gasteiger partial charge in [-0.15, -0.1) is 0 Å². The fourth-order valence-corrected chi connectivity index (χ4v) is 2.72. The largest absolute Gasteiger partial charge is 0.309 e. The third-order valence-electron chi connectivity index (χ3n) is 2.86. The molecule has 0 aliphatic heterocycles. The lowest BCUT2D eigenvalue weighted by atomic mass is 9.98. The highest BCUT2D eigenvalue weighted by molar-refractivity contribution is 9.10. The summed E-state index contributed by atoms with van der Waals surface area (Å²) in [5.74, 6) is -1.86. The molecule has 0 saturated heterocycles. The standard InChI is InChI=1S/C14H11BrClF2N/c1-19-14(8-4-2-3-5-10(8)15)9-6-12(17)13(18)7-11(9)16/h2-7,14,19H,1H3. The van der Waals surface area contributed by atoms with Crippen LogP contribution in [0.3, 0.4) is 0 Å². The van der Waals surface area contributed by atoms with E-state index in [4.69, 9.17) is 11.6 Å². The summed E-state index contributed by atoms with van der Waals surface area (Å²) in [4.78, 5) is 0. The zero-order valence-electron chi connectivity index (χ0n) is 10.1. The van der Waals surface area contributed by atoms with Crippen molar-refractivity contribution in [3.63, 3.8) is 0 Å². The highest BCUT2D eigenvalue weighted by Gasteiger charge is 2.19. The quantitative estimate of drug-likeness (QED) is 0.795. The summed E-state index contributed by atoms with van der Waals surface area (Å²) in [5.41, 5.74) is 1.40. The van der Waals surface area contributed by atoms with Crippen LogP contribution in [0.5, 0.6) is 0 Å². The van der Waals surface area contributed by atoms with Gasteiger partial charge in [-0.2, -0.15) is 0 Å². The fourth-order valence-electron chi connectivity index (χ4n) is 1.95. The molecule has 5 heteroatoms. The molecule has 0 radical (unpaired) electrons. The zero-order chi connectivity index (χ0) is 14.0. The molecule has 2 rings (SSSR count). The summed E-state index contributed by atoms with van der Waals surface area (Å²) in [6, 6.07) is 9.33.